The van der Waals surface area contributed by atoms with Crippen LogP contribution in [-0.2, 0) is 11.3 Å². The fraction of sp³-hybridized carbons (Fsp3) is 0.158. The van der Waals surface area contributed by atoms with Crippen molar-refractivity contribution in [1.29, 1.82) is 0 Å². The Bertz CT molecular complexity index is 834. The van der Waals surface area contributed by atoms with Crippen molar-refractivity contribution in [2.45, 2.75) is 6.54 Å². The molecule has 1 N–H and O–H groups in total. The number of carbonyl (C=O) groups is 1. The largest absolute Gasteiger partial charge is 0.497 e. The number of nitrogens with zero attached hydrogens (tertiary/aromatic N) is 1. The molecule has 0 radical (unpaired) electrons. The van der Waals surface area contributed by atoms with Crippen LogP contribution < -0.4 is 14.8 Å². The predicted octanol–water partition coefficient (Wildman–Crippen LogP) is 3.51. The van der Waals surface area contributed by atoms with Gasteiger partial charge in [-0.05, 0) is 35.2 Å². The minimum Gasteiger partial charge on any atom is -0.497 e. The number of pyridine rings is 1. The van der Waals surface area contributed by atoms with E-state index in [4.69, 9.17) is 9.47 Å². The first-order chi connectivity index (χ1) is 12.3. The summed E-state index contributed by atoms with van der Waals surface area (Å²) in [6, 6.07) is 13.0. The molecule has 1 aromatic carbocycles. The summed E-state index contributed by atoms with van der Waals surface area (Å²) in [5.41, 5.74) is 2.91. The number of aromatic nitrogens is 1. The summed E-state index contributed by atoms with van der Waals surface area (Å²) in [6.07, 6.45) is 1.75. The number of benzene rings is 1. The molecule has 2 aromatic heterocycles. The Hall–Kier alpha value is -2.86. The molecular formula is C19H18N2O3S. The normalized spacial score (nSPS) is 10.3. The third-order valence-corrected chi connectivity index (χ3v) is 4.26. The van der Waals surface area contributed by atoms with Crippen LogP contribution in [0.25, 0.3) is 11.3 Å². The number of hydrogen-bond donors (Lipinski definition) is 1. The zero-order valence-corrected chi connectivity index (χ0v) is 14.6. The van der Waals surface area contributed by atoms with Gasteiger partial charge in [-0.25, -0.2) is 0 Å². The van der Waals surface area contributed by atoms with Crippen LogP contribution in [0.3, 0.4) is 0 Å². The summed E-state index contributed by atoms with van der Waals surface area (Å²) in [5, 5.41) is 6.92. The molecule has 128 valence electrons. The number of carbonyl (C=O) groups excluding carboxylic acids is 1. The van der Waals surface area contributed by atoms with E-state index in [-0.39, 0.29) is 12.5 Å². The zero-order valence-electron chi connectivity index (χ0n) is 13.8. The maximum Gasteiger partial charge on any atom is 0.258 e. The van der Waals surface area contributed by atoms with Gasteiger partial charge in [-0.3, -0.25) is 9.78 Å². The third kappa shape index (κ3) is 4.58. The van der Waals surface area contributed by atoms with E-state index in [1.165, 1.54) is 0 Å². The molecule has 5 nitrogen and oxygen atoms in total. The van der Waals surface area contributed by atoms with Crippen LogP contribution >= 0.6 is 11.3 Å². The highest BCUT2D eigenvalue weighted by molar-refractivity contribution is 7.08. The number of methoxy groups -OCH3 is 1. The van der Waals surface area contributed by atoms with Crippen LogP contribution in [0.1, 0.15) is 5.56 Å². The molecule has 25 heavy (non-hydrogen) atoms. The molecular weight excluding hydrogens is 336 g/mol. The average molecular weight is 354 g/mol. The Morgan fingerprint density at radius 3 is 2.88 bits per heavy atom. The van der Waals surface area contributed by atoms with Crippen LogP contribution in [0.5, 0.6) is 11.5 Å². The fourth-order valence-corrected chi connectivity index (χ4v) is 2.97. The molecule has 0 aliphatic rings. The molecule has 0 aliphatic carbocycles. The van der Waals surface area contributed by atoms with Gasteiger partial charge in [-0.1, -0.05) is 12.1 Å². The van der Waals surface area contributed by atoms with E-state index < -0.39 is 0 Å². The standard InChI is InChI=1S/C19H18N2O3S/c1-23-16-5-2-6-17(10-16)24-12-18(22)21-11-14-4-3-8-20-19(14)15-7-9-25-13-15/h2-10,13H,11-12H2,1H3,(H,21,22). The summed E-state index contributed by atoms with van der Waals surface area (Å²) in [7, 11) is 1.59. The van der Waals surface area contributed by atoms with Gasteiger partial charge in [0.25, 0.3) is 5.91 Å². The lowest BCUT2D eigenvalue weighted by atomic mass is 10.1. The van der Waals surface area contributed by atoms with Crippen LogP contribution in [0.2, 0.25) is 0 Å². The first-order valence-corrected chi connectivity index (χ1v) is 8.70. The van der Waals surface area contributed by atoms with Gasteiger partial charge in [0.1, 0.15) is 11.5 Å². The van der Waals surface area contributed by atoms with Crippen molar-refractivity contribution < 1.29 is 14.3 Å². The predicted molar refractivity (Wildman–Crippen MR) is 97.9 cm³/mol. The van der Waals surface area contributed by atoms with Gasteiger partial charge in [0.05, 0.1) is 12.8 Å². The van der Waals surface area contributed by atoms with Crippen LogP contribution in [0.4, 0.5) is 0 Å². The van der Waals surface area contributed by atoms with E-state index in [0.717, 1.165) is 16.8 Å². The van der Waals surface area contributed by atoms with E-state index >= 15 is 0 Å². The smallest absolute Gasteiger partial charge is 0.258 e. The molecule has 0 atom stereocenters. The first-order valence-electron chi connectivity index (χ1n) is 7.76. The van der Waals surface area contributed by atoms with Gasteiger partial charge in [-0.2, -0.15) is 11.3 Å². The lowest BCUT2D eigenvalue weighted by Crippen LogP contribution is -2.28. The first kappa shape index (κ1) is 17.0. The highest BCUT2D eigenvalue weighted by Gasteiger charge is 2.09. The van der Waals surface area contributed by atoms with Crippen LogP contribution in [0, 0.1) is 0 Å². The van der Waals surface area contributed by atoms with E-state index in [2.05, 4.69) is 10.3 Å². The lowest BCUT2D eigenvalue weighted by molar-refractivity contribution is -0.123. The van der Waals surface area contributed by atoms with Crippen LogP contribution in [-0.4, -0.2) is 24.6 Å². The van der Waals surface area contributed by atoms with Gasteiger partial charge in [-0.15, -0.1) is 0 Å². The van der Waals surface area contributed by atoms with Crippen molar-refractivity contribution in [3.8, 4) is 22.8 Å². The summed E-state index contributed by atoms with van der Waals surface area (Å²) in [5.74, 6) is 1.09. The molecule has 0 saturated carbocycles. The quantitative estimate of drug-likeness (QED) is 0.705. The second-order valence-electron chi connectivity index (χ2n) is 5.27. The summed E-state index contributed by atoms with van der Waals surface area (Å²) in [4.78, 5) is 16.5. The maximum absolute atomic E-state index is 12.1. The van der Waals surface area contributed by atoms with Crippen molar-refractivity contribution in [1.82, 2.24) is 10.3 Å². The molecule has 0 aliphatic heterocycles. The highest BCUT2D eigenvalue weighted by Crippen LogP contribution is 2.23. The van der Waals surface area contributed by atoms with Crippen molar-refractivity contribution in [3.63, 3.8) is 0 Å². The Balaban J connectivity index is 1.56. The third-order valence-electron chi connectivity index (χ3n) is 3.57. The average Bonchev–Trinajstić information content (AvgIpc) is 3.19. The van der Waals surface area contributed by atoms with Gasteiger partial charge in [0, 0.05) is 29.8 Å². The zero-order chi connectivity index (χ0) is 17.5. The molecule has 3 rings (SSSR count). The minimum absolute atomic E-state index is 0.0544. The summed E-state index contributed by atoms with van der Waals surface area (Å²) in [6.45, 7) is 0.348. The lowest BCUT2D eigenvalue weighted by Gasteiger charge is -2.10. The molecule has 3 aromatic rings. The van der Waals surface area contributed by atoms with Crippen LogP contribution in [0.15, 0.2) is 59.4 Å². The SMILES string of the molecule is COc1cccc(OCC(=O)NCc2cccnc2-c2ccsc2)c1. The topological polar surface area (TPSA) is 60.5 Å². The summed E-state index contributed by atoms with van der Waals surface area (Å²) >= 11 is 1.62. The molecule has 2 heterocycles. The Labute approximate surface area is 150 Å². The van der Waals surface area contributed by atoms with E-state index in [9.17, 15) is 4.79 Å². The van der Waals surface area contributed by atoms with Crippen molar-refractivity contribution in [2.24, 2.45) is 0 Å². The van der Waals surface area contributed by atoms with E-state index in [1.807, 2.05) is 41.1 Å². The summed E-state index contributed by atoms with van der Waals surface area (Å²) < 4.78 is 10.6. The number of rotatable bonds is 7. The van der Waals surface area contributed by atoms with Crippen molar-refractivity contribution in [3.05, 3.63) is 65.0 Å². The second kappa shape index (κ2) is 8.30. The maximum atomic E-state index is 12.1. The van der Waals surface area contributed by atoms with Gasteiger partial charge >= 0.3 is 0 Å². The van der Waals surface area contributed by atoms with Gasteiger partial charge < -0.3 is 14.8 Å². The number of thiophene rings is 1. The molecule has 0 saturated heterocycles. The molecule has 1 amide bonds. The molecule has 6 heteroatoms. The Morgan fingerprint density at radius 2 is 2.08 bits per heavy atom. The molecule has 0 spiro atoms. The van der Waals surface area contributed by atoms with E-state index in [0.29, 0.717) is 18.0 Å². The number of amides is 1. The minimum atomic E-state index is -0.192. The van der Waals surface area contributed by atoms with Gasteiger partial charge in [0.2, 0.25) is 0 Å². The number of hydrogen-bond acceptors (Lipinski definition) is 5. The van der Waals surface area contributed by atoms with Gasteiger partial charge in [0.15, 0.2) is 6.61 Å². The van der Waals surface area contributed by atoms with Crippen molar-refractivity contribution >= 4 is 17.2 Å². The van der Waals surface area contributed by atoms with Crippen molar-refractivity contribution in [2.75, 3.05) is 13.7 Å². The number of ether oxygens (including phenoxy) is 2. The van der Waals surface area contributed by atoms with E-state index in [1.54, 1.807) is 36.8 Å². The molecule has 0 unspecified atom stereocenters. The fourth-order valence-electron chi connectivity index (χ4n) is 2.33. The molecule has 0 bridgehead atoms. The monoisotopic (exact) mass is 354 g/mol. The Morgan fingerprint density at radius 1 is 1.20 bits per heavy atom. The highest BCUT2D eigenvalue weighted by atomic mass is 32.1. The second-order valence-corrected chi connectivity index (χ2v) is 6.05. The molecule has 0 fully saturated rings. The number of nitrogens with one attached hydrogen (secondary N) is 1. The Kier molecular flexibility index (Phi) is 5.64.